The van der Waals surface area contributed by atoms with Crippen LogP contribution in [0.15, 0.2) is 59.7 Å². The first-order valence-corrected chi connectivity index (χ1v) is 11.1. The van der Waals surface area contributed by atoms with Crippen molar-refractivity contribution < 1.29 is 4.39 Å². The van der Waals surface area contributed by atoms with Crippen LogP contribution in [-0.4, -0.2) is 26.1 Å². The molecule has 0 amide bonds. The van der Waals surface area contributed by atoms with Gasteiger partial charge in [-0.2, -0.15) is 5.26 Å². The predicted molar refractivity (Wildman–Crippen MR) is 125 cm³/mol. The minimum atomic E-state index is -0.608. The molecule has 2 aromatic heterocycles. The van der Waals surface area contributed by atoms with E-state index in [1.807, 2.05) is 23.1 Å². The van der Waals surface area contributed by atoms with E-state index in [1.54, 1.807) is 24.3 Å². The van der Waals surface area contributed by atoms with Crippen LogP contribution in [0.3, 0.4) is 0 Å². The fraction of sp³-hybridized carbons (Fsp3) is 0.240. The van der Waals surface area contributed by atoms with Crippen LogP contribution in [0.4, 0.5) is 16.0 Å². The molecule has 0 radical (unpaired) electrons. The van der Waals surface area contributed by atoms with Crippen LogP contribution in [0.5, 0.6) is 0 Å². The van der Waals surface area contributed by atoms with Crippen molar-refractivity contribution in [2.24, 2.45) is 5.41 Å². The number of hydrogen-bond acceptors (Lipinski definition) is 7. The van der Waals surface area contributed by atoms with Crippen molar-refractivity contribution in [3.8, 4) is 11.8 Å². The zero-order valence-corrected chi connectivity index (χ0v) is 18.1. The number of nitrogens with zero attached hydrogens (tertiary/aromatic N) is 6. The van der Waals surface area contributed by atoms with Gasteiger partial charge in [0.2, 0.25) is 0 Å². The highest BCUT2D eigenvalue weighted by Gasteiger charge is 2.54. The van der Waals surface area contributed by atoms with Gasteiger partial charge in [0.25, 0.3) is 5.56 Å². The van der Waals surface area contributed by atoms with Gasteiger partial charge < -0.3 is 10.6 Å². The summed E-state index contributed by atoms with van der Waals surface area (Å²) >= 11 is 0. The van der Waals surface area contributed by atoms with Gasteiger partial charge >= 0.3 is 0 Å². The Morgan fingerprint density at radius 3 is 2.65 bits per heavy atom. The van der Waals surface area contributed by atoms with Gasteiger partial charge in [0.1, 0.15) is 40.8 Å². The second-order valence-corrected chi connectivity index (χ2v) is 9.00. The minimum Gasteiger partial charge on any atom is -0.382 e. The maximum absolute atomic E-state index is 14.7. The highest BCUT2D eigenvalue weighted by atomic mass is 19.1. The molecule has 1 aliphatic carbocycles. The number of rotatable bonds is 3. The van der Waals surface area contributed by atoms with Crippen LogP contribution in [0, 0.1) is 22.6 Å². The summed E-state index contributed by atoms with van der Waals surface area (Å²) in [7, 11) is 0. The number of nitriles is 1. The maximum atomic E-state index is 14.7. The number of halogens is 1. The summed E-state index contributed by atoms with van der Waals surface area (Å²) in [4.78, 5) is 28.9. The average molecular weight is 453 g/mol. The topological polar surface area (TPSA) is 114 Å². The lowest BCUT2D eigenvalue weighted by atomic mass is 10.0. The fourth-order valence-electron chi connectivity index (χ4n) is 5.02. The maximum Gasteiger partial charge on any atom is 0.269 e. The molecule has 1 spiro atoms. The standard InChI is InChI=1S/C25H20FN7O/c26-17-7-4-8-18-20(17)24(34)33(15-5-2-1-3-6-15)23(31-18)19-11-25(9-10-25)13-32(19)22-16(12-27)21(28)29-14-30-22/h1-8,14,19H,9-11,13H2,(H2,28,29,30)/t19-/m0/s1. The Kier molecular flexibility index (Phi) is 4.39. The summed E-state index contributed by atoms with van der Waals surface area (Å²) < 4.78 is 16.2. The molecule has 2 aromatic carbocycles. The quantitative estimate of drug-likeness (QED) is 0.505. The number of hydrogen-bond donors (Lipinski definition) is 1. The Hall–Kier alpha value is -4.32. The second-order valence-electron chi connectivity index (χ2n) is 9.00. The SMILES string of the molecule is N#Cc1c(N)ncnc1N1CC2(CC2)C[C@H]1c1nc2cccc(F)c2c(=O)n1-c1ccccc1. The molecule has 8 nitrogen and oxygen atoms in total. The van der Waals surface area contributed by atoms with Crippen molar-refractivity contribution in [2.45, 2.75) is 25.3 Å². The Bertz CT molecular complexity index is 1540. The van der Waals surface area contributed by atoms with E-state index in [0.717, 1.165) is 19.3 Å². The monoisotopic (exact) mass is 453 g/mol. The molecule has 6 rings (SSSR count). The van der Waals surface area contributed by atoms with Gasteiger partial charge in [-0.1, -0.05) is 24.3 Å². The molecule has 168 valence electrons. The smallest absolute Gasteiger partial charge is 0.269 e. The molecule has 1 saturated heterocycles. The fourth-order valence-corrected chi connectivity index (χ4v) is 5.02. The molecule has 1 saturated carbocycles. The first-order chi connectivity index (χ1) is 16.5. The van der Waals surface area contributed by atoms with Crippen LogP contribution in [0.25, 0.3) is 16.6 Å². The van der Waals surface area contributed by atoms with Crippen LogP contribution in [-0.2, 0) is 0 Å². The molecule has 9 heteroatoms. The third-order valence-electron chi connectivity index (χ3n) is 6.89. The number of fused-ring (bicyclic) bond motifs is 1. The zero-order valence-electron chi connectivity index (χ0n) is 18.1. The molecule has 0 unspecified atom stereocenters. The van der Waals surface area contributed by atoms with Gasteiger partial charge in [0, 0.05) is 6.54 Å². The van der Waals surface area contributed by atoms with E-state index in [-0.39, 0.29) is 28.2 Å². The van der Waals surface area contributed by atoms with E-state index in [9.17, 15) is 14.4 Å². The largest absolute Gasteiger partial charge is 0.382 e. The minimum absolute atomic E-state index is 0.0511. The van der Waals surface area contributed by atoms with E-state index in [4.69, 9.17) is 10.7 Å². The first-order valence-electron chi connectivity index (χ1n) is 11.1. The molecule has 1 aliphatic heterocycles. The van der Waals surface area contributed by atoms with Crippen molar-refractivity contribution in [3.63, 3.8) is 0 Å². The van der Waals surface area contributed by atoms with Crippen LogP contribution >= 0.6 is 0 Å². The molecule has 2 fully saturated rings. The number of para-hydroxylation sites is 1. The van der Waals surface area contributed by atoms with Crippen molar-refractivity contribution >= 4 is 22.5 Å². The highest BCUT2D eigenvalue weighted by molar-refractivity contribution is 5.79. The molecule has 3 heterocycles. The molecule has 34 heavy (non-hydrogen) atoms. The molecular formula is C25H20FN7O. The lowest BCUT2D eigenvalue weighted by Gasteiger charge is -2.28. The van der Waals surface area contributed by atoms with Gasteiger partial charge in [-0.15, -0.1) is 0 Å². The van der Waals surface area contributed by atoms with Crippen LogP contribution in [0.2, 0.25) is 0 Å². The molecule has 1 atom stereocenters. The number of nitrogen functional groups attached to an aromatic ring is 1. The second kappa shape index (κ2) is 7.35. The molecule has 4 aromatic rings. The third-order valence-corrected chi connectivity index (χ3v) is 6.89. The summed E-state index contributed by atoms with van der Waals surface area (Å²) in [6, 6.07) is 15.3. The van der Waals surface area contributed by atoms with Crippen molar-refractivity contribution in [1.82, 2.24) is 19.5 Å². The van der Waals surface area contributed by atoms with Gasteiger partial charge in [0.05, 0.1) is 17.2 Å². The Labute approximate surface area is 194 Å². The predicted octanol–water partition coefficient (Wildman–Crippen LogP) is 3.50. The van der Waals surface area contributed by atoms with Gasteiger partial charge in [0.15, 0.2) is 5.82 Å². The summed E-state index contributed by atoms with van der Waals surface area (Å²) in [5.41, 5.74) is 6.68. The third kappa shape index (κ3) is 3.03. The molecular weight excluding hydrogens is 433 g/mol. The van der Waals surface area contributed by atoms with Crippen molar-refractivity contribution in [3.05, 3.63) is 82.4 Å². The van der Waals surface area contributed by atoms with Crippen LogP contribution in [0.1, 0.15) is 36.7 Å². The first kappa shape index (κ1) is 20.3. The Morgan fingerprint density at radius 2 is 1.91 bits per heavy atom. The molecule has 2 aliphatic rings. The Balaban J connectivity index is 1.63. The molecule has 2 N–H and O–H groups in total. The van der Waals surface area contributed by atoms with Gasteiger partial charge in [-0.25, -0.2) is 19.3 Å². The highest BCUT2D eigenvalue weighted by Crippen LogP contribution is 2.59. The summed E-state index contributed by atoms with van der Waals surface area (Å²) in [6.45, 7) is 0.661. The zero-order chi connectivity index (χ0) is 23.4. The number of anilines is 2. The van der Waals surface area contributed by atoms with E-state index in [2.05, 4.69) is 16.0 Å². The number of nitrogens with two attached hydrogens (primary N) is 1. The number of aromatic nitrogens is 4. The van der Waals surface area contributed by atoms with E-state index in [1.165, 1.54) is 17.0 Å². The average Bonchev–Trinajstić information content (AvgIpc) is 3.49. The van der Waals surface area contributed by atoms with Crippen LogP contribution < -0.4 is 16.2 Å². The lowest BCUT2D eigenvalue weighted by Crippen LogP contribution is -2.33. The van der Waals surface area contributed by atoms with E-state index < -0.39 is 11.4 Å². The normalized spacial score (nSPS) is 18.4. The summed E-state index contributed by atoms with van der Waals surface area (Å²) in [5, 5.41) is 9.71. The Morgan fingerprint density at radius 1 is 1.12 bits per heavy atom. The number of benzene rings is 2. The summed E-state index contributed by atoms with van der Waals surface area (Å²) in [6.07, 6.45) is 4.16. The van der Waals surface area contributed by atoms with E-state index in [0.29, 0.717) is 29.4 Å². The van der Waals surface area contributed by atoms with Crippen molar-refractivity contribution in [2.75, 3.05) is 17.2 Å². The van der Waals surface area contributed by atoms with Crippen molar-refractivity contribution in [1.29, 1.82) is 5.26 Å². The summed E-state index contributed by atoms with van der Waals surface area (Å²) in [5.74, 6) is 0.414. The van der Waals surface area contributed by atoms with Gasteiger partial charge in [-0.05, 0) is 48.9 Å². The lowest BCUT2D eigenvalue weighted by molar-refractivity contribution is 0.535. The molecule has 0 bridgehead atoms. The van der Waals surface area contributed by atoms with E-state index >= 15 is 0 Å². The van der Waals surface area contributed by atoms with Gasteiger partial charge in [-0.3, -0.25) is 9.36 Å².